The molecule has 1 aromatic heterocycles. The number of aromatic nitrogens is 2. The Morgan fingerprint density at radius 3 is 2.50 bits per heavy atom. The van der Waals surface area contributed by atoms with Crippen molar-refractivity contribution in [3.8, 4) is 0 Å². The molecule has 1 saturated heterocycles. The number of nitrogens with zero attached hydrogens (tertiary/aromatic N) is 3. The third-order valence-corrected chi connectivity index (χ3v) is 3.94. The average molecular weight is 332 g/mol. The van der Waals surface area contributed by atoms with E-state index < -0.39 is 17.5 Å². The fourth-order valence-electron chi connectivity index (χ4n) is 2.67. The first-order valence-electron chi connectivity index (χ1n) is 7.98. The van der Waals surface area contributed by atoms with Gasteiger partial charge in [-0.15, -0.1) is 0 Å². The maximum absolute atomic E-state index is 13.2. The molecule has 0 spiro atoms. The molecule has 0 bridgehead atoms. The normalized spacial score (nSPS) is 15.0. The van der Waals surface area contributed by atoms with Crippen LogP contribution < -0.4 is 10.2 Å². The monoisotopic (exact) mass is 332 g/mol. The van der Waals surface area contributed by atoms with Crippen molar-refractivity contribution < 1.29 is 13.6 Å². The van der Waals surface area contributed by atoms with Crippen LogP contribution in [0.2, 0.25) is 0 Å². The van der Waals surface area contributed by atoms with E-state index >= 15 is 0 Å². The van der Waals surface area contributed by atoms with Crippen LogP contribution in [0.5, 0.6) is 0 Å². The van der Waals surface area contributed by atoms with Crippen LogP contribution in [0.15, 0.2) is 30.5 Å². The molecule has 1 aromatic carbocycles. The molecule has 2 heterocycles. The quantitative estimate of drug-likeness (QED) is 0.936. The number of carbonyl (C=O) groups excluding carboxylic acids is 1. The molecule has 0 radical (unpaired) electrons. The van der Waals surface area contributed by atoms with Crippen molar-refractivity contribution >= 4 is 17.5 Å². The van der Waals surface area contributed by atoms with Crippen molar-refractivity contribution in [2.24, 2.45) is 0 Å². The minimum atomic E-state index is -1.01. The van der Waals surface area contributed by atoms with Gasteiger partial charge in [-0.05, 0) is 31.0 Å². The number of carbonyl (C=O) groups is 1. The minimum absolute atomic E-state index is 0.175. The second kappa shape index (κ2) is 7.33. The van der Waals surface area contributed by atoms with Crippen molar-refractivity contribution in [2.75, 3.05) is 23.3 Å². The third kappa shape index (κ3) is 3.84. The molecule has 1 amide bonds. The Hall–Kier alpha value is -2.57. The zero-order valence-corrected chi connectivity index (χ0v) is 13.1. The first-order valence-corrected chi connectivity index (χ1v) is 7.98. The molecule has 1 N–H and O–H groups in total. The Balaban J connectivity index is 1.74. The van der Waals surface area contributed by atoms with Gasteiger partial charge in [-0.2, -0.15) is 0 Å². The summed E-state index contributed by atoms with van der Waals surface area (Å²) in [6.45, 7) is 1.74. The Morgan fingerprint density at radius 1 is 1.04 bits per heavy atom. The Kier molecular flexibility index (Phi) is 4.98. The van der Waals surface area contributed by atoms with Crippen molar-refractivity contribution in [2.45, 2.75) is 25.7 Å². The predicted molar refractivity (Wildman–Crippen MR) is 87.0 cm³/mol. The van der Waals surface area contributed by atoms with Gasteiger partial charge in [0.25, 0.3) is 5.91 Å². The highest BCUT2D eigenvalue weighted by Crippen LogP contribution is 2.17. The number of anilines is 2. The van der Waals surface area contributed by atoms with Crippen molar-refractivity contribution in [3.05, 3.63) is 47.8 Å². The lowest BCUT2D eigenvalue weighted by Gasteiger charge is -2.20. The lowest BCUT2D eigenvalue weighted by Crippen LogP contribution is -2.27. The molecule has 0 aliphatic carbocycles. The van der Waals surface area contributed by atoms with Gasteiger partial charge in [0.1, 0.15) is 5.69 Å². The molecule has 0 unspecified atom stereocenters. The van der Waals surface area contributed by atoms with E-state index in [1.165, 1.54) is 31.2 Å². The molecular weight excluding hydrogens is 314 g/mol. The van der Waals surface area contributed by atoms with Crippen LogP contribution in [0.1, 0.15) is 36.2 Å². The molecule has 3 rings (SSSR count). The van der Waals surface area contributed by atoms with E-state index in [0.717, 1.165) is 38.1 Å². The van der Waals surface area contributed by atoms with E-state index in [1.54, 1.807) is 0 Å². The SMILES string of the molecule is O=C(Nc1ccc(F)c(F)c1)c1ccnc(N2CCCCCC2)n1. The molecule has 7 heteroatoms. The smallest absolute Gasteiger partial charge is 0.274 e. The van der Waals surface area contributed by atoms with E-state index in [0.29, 0.717) is 5.95 Å². The van der Waals surface area contributed by atoms with Crippen molar-refractivity contribution in [3.63, 3.8) is 0 Å². The summed E-state index contributed by atoms with van der Waals surface area (Å²) in [5, 5.41) is 2.51. The summed E-state index contributed by atoms with van der Waals surface area (Å²) in [6, 6.07) is 4.70. The van der Waals surface area contributed by atoms with Gasteiger partial charge in [-0.3, -0.25) is 4.79 Å². The zero-order valence-electron chi connectivity index (χ0n) is 13.1. The van der Waals surface area contributed by atoms with E-state index in [1.807, 2.05) is 0 Å². The summed E-state index contributed by atoms with van der Waals surface area (Å²) in [5.41, 5.74) is 0.364. The molecule has 1 aliphatic heterocycles. The van der Waals surface area contributed by atoms with E-state index in [-0.39, 0.29) is 11.4 Å². The van der Waals surface area contributed by atoms with Crippen LogP contribution in [0.25, 0.3) is 0 Å². The summed E-state index contributed by atoms with van der Waals surface area (Å²) >= 11 is 0. The predicted octanol–water partition coefficient (Wildman–Crippen LogP) is 3.39. The molecule has 126 valence electrons. The molecule has 24 heavy (non-hydrogen) atoms. The highest BCUT2D eigenvalue weighted by Gasteiger charge is 2.15. The summed E-state index contributed by atoms with van der Waals surface area (Å²) in [4.78, 5) is 22.9. The van der Waals surface area contributed by atoms with Gasteiger partial charge in [0.05, 0.1) is 0 Å². The van der Waals surface area contributed by atoms with Crippen LogP contribution >= 0.6 is 0 Å². The van der Waals surface area contributed by atoms with Gasteiger partial charge in [0.2, 0.25) is 5.95 Å². The van der Waals surface area contributed by atoms with Gasteiger partial charge >= 0.3 is 0 Å². The number of hydrogen-bond donors (Lipinski definition) is 1. The van der Waals surface area contributed by atoms with Crippen LogP contribution in [-0.2, 0) is 0 Å². The maximum Gasteiger partial charge on any atom is 0.274 e. The number of halogens is 2. The van der Waals surface area contributed by atoms with Gasteiger partial charge in [-0.1, -0.05) is 12.8 Å². The standard InChI is InChI=1S/C17H18F2N4O/c18-13-6-5-12(11-14(13)19)21-16(24)15-7-8-20-17(22-15)23-9-3-1-2-4-10-23/h5-8,11H,1-4,9-10H2,(H,21,24). The fraction of sp³-hybridized carbons (Fsp3) is 0.353. The average Bonchev–Trinajstić information content (AvgIpc) is 2.88. The van der Waals surface area contributed by atoms with Gasteiger partial charge in [0, 0.05) is 31.0 Å². The van der Waals surface area contributed by atoms with E-state index in [2.05, 4.69) is 20.2 Å². The highest BCUT2D eigenvalue weighted by atomic mass is 19.2. The Bertz CT molecular complexity index is 730. The molecule has 0 saturated carbocycles. The molecule has 1 aliphatic rings. The number of benzene rings is 1. The van der Waals surface area contributed by atoms with Crippen LogP contribution in [0.4, 0.5) is 20.4 Å². The van der Waals surface area contributed by atoms with E-state index in [9.17, 15) is 13.6 Å². The summed E-state index contributed by atoms with van der Waals surface area (Å²) in [5.74, 6) is -1.94. The fourth-order valence-corrected chi connectivity index (χ4v) is 2.67. The number of hydrogen-bond acceptors (Lipinski definition) is 4. The van der Waals surface area contributed by atoms with Crippen molar-refractivity contribution in [1.82, 2.24) is 9.97 Å². The molecule has 2 aromatic rings. The summed E-state index contributed by atoms with van der Waals surface area (Å²) in [7, 11) is 0. The summed E-state index contributed by atoms with van der Waals surface area (Å²) < 4.78 is 26.2. The summed E-state index contributed by atoms with van der Waals surface area (Å²) in [6.07, 6.45) is 6.07. The van der Waals surface area contributed by atoms with E-state index in [4.69, 9.17) is 0 Å². The van der Waals surface area contributed by atoms with Crippen molar-refractivity contribution in [1.29, 1.82) is 0 Å². The number of amides is 1. The lowest BCUT2D eigenvalue weighted by molar-refractivity contribution is 0.102. The molecule has 5 nitrogen and oxygen atoms in total. The minimum Gasteiger partial charge on any atom is -0.341 e. The molecule has 0 atom stereocenters. The topological polar surface area (TPSA) is 58.1 Å². The first-order chi connectivity index (χ1) is 11.6. The number of rotatable bonds is 3. The first kappa shape index (κ1) is 16.3. The molecule has 1 fully saturated rings. The number of nitrogens with one attached hydrogen (secondary N) is 1. The van der Waals surface area contributed by atoms with Crippen LogP contribution in [0, 0.1) is 11.6 Å². The van der Waals surface area contributed by atoms with Gasteiger partial charge in [-0.25, -0.2) is 18.7 Å². The molecular formula is C17H18F2N4O. The largest absolute Gasteiger partial charge is 0.341 e. The van der Waals surface area contributed by atoms with Crippen LogP contribution in [0.3, 0.4) is 0 Å². The maximum atomic E-state index is 13.2. The van der Waals surface area contributed by atoms with Gasteiger partial charge < -0.3 is 10.2 Å². The highest BCUT2D eigenvalue weighted by molar-refractivity contribution is 6.02. The Morgan fingerprint density at radius 2 is 1.79 bits per heavy atom. The zero-order chi connectivity index (χ0) is 16.9. The second-order valence-electron chi connectivity index (χ2n) is 5.73. The third-order valence-electron chi connectivity index (χ3n) is 3.94. The van der Waals surface area contributed by atoms with Gasteiger partial charge in [0.15, 0.2) is 11.6 Å². The lowest BCUT2D eigenvalue weighted by atomic mass is 10.2. The Labute approximate surface area is 138 Å². The second-order valence-corrected chi connectivity index (χ2v) is 5.73. The van der Waals surface area contributed by atoms with Crippen LogP contribution in [-0.4, -0.2) is 29.0 Å².